The number of nitrogens with one attached hydrogen (secondary N) is 2. The fourth-order valence-electron chi connectivity index (χ4n) is 1.41. The van der Waals surface area contributed by atoms with Crippen molar-refractivity contribution < 1.29 is 9.59 Å². The summed E-state index contributed by atoms with van der Waals surface area (Å²) in [6.07, 6.45) is 1.55. The fraction of sp³-hybridized carbons (Fsp3) is 0.167. The third-order valence-electron chi connectivity index (χ3n) is 2.44. The van der Waals surface area contributed by atoms with E-state index in [0.717, 1.165) is 0 Å². The molecule has 9 heteroatoms. The lowest BCUT2D eigenvalue weighted by molar-refractivity contribution is -0.119. The van der Waals surface area contributed by atoms with Crippen LogP contribution in [0.4, 0.5) is 0 Å². The number of hydrogen-bond donors (Lipinski definition) is 2. The van der Waals surface area contributed by atoms with Gasteiger partial charge >= 0.3 is 0 Å². The fourth-order valence-corrected chi connectivity index (χ4v) is 2.56. The van der Waals surface area contributed by atoms with E-state index in [1.54, 1.807) is 42.2 Å². The summed E-state index contributed by atoms with van der Waals surface area (Å²) in [5.41, 5.74) is 5.16. The molecule has 2 aromatic rings. The zero-order valence-electron chi connectivity index (χ0n) is 11.0. The first-order chi connectivity index (χ1) is 10.1. The molecule has 110 valence electrons. The van der Waals surface area contributed by atoms with Gasteiger partial charge in [-0.3, -0.25) is 20.4 Å². The molecule has 0 saturated carbocycles. The zero-order valence-corrected chi connectivity index (χ0v) is 13.4. The number of hydrogen-bond acceptors (Lipinski definition) is 5. The number of hydrazine groups is 1. The molecule has 2 rings (SSSR count). The van der Waals surface area contributed by atoms with E-state index in [-0.39, 0.29) is 17.6 Å². The molecule has 0 aliphatic heterocycles. The number of benzene rings is 1. The van der Waals surface area contributed by atoms with Crippen LogP contribution in [0.2, 0.25) is 0 Å². The Kier molecular flexibility index (Phi) is 5.34. The number of carbonyl (C=O) groups excluding carboxylic acids is 2. The molecular formula is C12H12BrN5O2S. The molecule has 1 heterocycles. The van der Waals surface area contributed by atoms with E-state index in [2.05, 4.69) is 37.0 Å². The Morgan fingerprint density at radius 3 is 2.76 bits per heavy atom. The summed E-state index contributed by atoms with van der Waals surface area (Å²) >= 11 is 4.50. The van der Waals surface area contributed by atoms with Crippen LogP contribution in [-0.2, 0) is 11.8 Å². The normalized spacial score (nSPS) is 10.2. The first-order valence-corrected chi connectivity index (χ1v) is 7.66. The molecule has 0 fully saturated rings. The van der Waals surface area contributed by atoms with Crippen LogP contribution < -0.4 is 10.9 Å². The number of nitrogens with zero attached hydrogens (tertiary/aromatic N) is 3. The van der Waals surface area contributed by atoms with E-state index in [0.29, 0.717) is 15.2 Å². The predicted molar refractivity (Wildman–Crippen MR) is 81.5 cm³/mol. The molecule has 2 N–H and O–H groups in total. The van der Waals surface area contributed by atoms with Gasteiger partial charge in [0.05, 0.1) is 11.3 Å². The molecule has 0 bridgehead atoms. The lowest BCUT2D eigenvalue weighted by Gasteiger charge is -2.08. The number of aromatic nitrogens is 3. The van der Waals surface area contributed by atoms with E-state index in [1.807, 2.05) is 0 Å². The van der Waals surface area contributed by atoms with Crippen LogP contribution in [0.1, 0.15) is 10.4 Å². The van der Waals surface area contributed by atoms with Crippen molar-refractivity contribution in [2.45, 2.75) is 5.16 Å². The van der Waals surface area contributed by atoms with Crippen molar-refractivity contribution in [3.8, 4) is 0 Å². The molecule has 2 amide bonds. The van der Waals surface area contributed by atoms with Crippen molar-refractivity contribution in [2.24, 2.45) is 7.05 Å². The maximum absolute atomic E-state index is 11.9. The third kappa shape index (κ3) is 4.30. The van der Waals surface area contributed by atoms with E-state index in [9.17, 15) is 9.59 Å². The summed E-state index contributed by atoms with van der Waals surface area (Å²) in [6.45, 7) is 0. The van der Waals surface area contributed by atoms with E-state index >= 15 is 0 Å². The van der Waals surface area contributed by atoms with Crippen LogP contribution in [-0.4, -0.2) is 32.3 Å². The molecular weight excluding hydrogens is 358 g/mol. The van der Waals surface area contributed by atoms with E-state index in [4.69, 9.17) is 0 Å². The number of rotatable bonds is 4. The van der Waals surface area contributed by atoms with E-state index < -0.39 is 0 Å². The summed E-state index contributed by atoms with van der Waals surface area (Å²) in [4.78, 5) is 23.5. The molecule has 0 aliphatic carbocycles. The molecule has 0 spiro atoms. The van der Waals surface area contributed by atoms with Gasteiger partial charge in [-0.1, -0.05) is 23.9 Å². The minimum Gasteiger partial charge on any atom is -0.312 e. The Morgan fingerprint density at radius 1 is 1.33 bits per heavy atom. The highest BCUT2D eigenvalue weighted by Crippen LogP contribution is 2.15. The SMILES string of the molecule is Cn1cnnc1SCC(=O)NNC(=O)c1ccccc1Br. The number of halogens is 1. The van der Waals surface area contributed by atoms with Gasteiger partial charge in [0.1, 0.15) is 6.33 Å². The van der Waals surface area contributed by atoms with Gasteiger partial charge in [-0.15, -0.1) is 10.2 Å². The minimum absolute atomic E-state index is 0.128. The quantitative estimate of drug-likeness (QED) is 0.622. The van der Waals surface area contributed by atoms with Gasteiger partial charge in [-0.2, -0.15) is 0 Å². The van der Waals surface area contributed by atoms with Crippen molar-refractivity contribution in [1.29, 1.82) is 0 Å². The molecule has 0 atom stereocenters. The number of carbonyl (C=O) groups is 2. The average molecular weight is 370 g/mol. The predicted octanol–water partition coefficient (Wildman–Crippen LogP) is 1.13. The second-order valence-corrected chi connectivity index (χ2v) is 5.79. The van der Waals surface area contributed by atoms with Gasteiger partial charge in [0.25, 0.3) is 5.91 Å². The molecule has 0 aliphatic rings. The number of aryl methyl sites for hydroxylation is 1. The van der Waals surface area contributed by atoms with Gasteiger partial charge in [-0.05, 0) is 28.1 Å². The van der Waals surface area contributed by atoms with Crippen LogP contribution in [0.3, 0.4) is 0 Å². The molecule has 0 radical (unpaired) electrons. The van der Waals surface area contributed by atoms with Crippen molar-refractivity contribution >= 4 is 39.5 Å². The van der Waals surface area contributed by atoms with Crippen LogP contribution in [0.25, 0.3) is 0 Å². The highest BCUT2D eigenvalue weighted by Gasteiger charge is 2.11. The smallest absolute Gasteiger partial charge is 0.270 e. The summed E-state index contributed by atoms with van der Waals surface area (Å²) in [7, 11) is 1.79. The van der Waals surface area contributed by atoms with Crippen LogP contribution in [0, 0.1) is 0 Å². The molecule has 7 nitrogen and oxygen atoms in total. The van der Waals surface area contributed by atoms with Crippen LogP contribution >= 0.6 is 27.7 Å². The molecule has 21 heavy (non-hydrogen) atoms. The van der Waals surface area contributed by atoms with E-state index in [1.165, 1.54) is 11.8 Å². The van der Waals surface area contributed by atoms with Gasteiger partial charge < -0.3 is 4.57 Å². The second kappa shape index (κ2) is 7.23. The standard InChI is InChI=1S/C12H12BrN5O2S/c1-18-7-14-17-12(18)21-6-10(19)15-16-11(20)8-4-2-3-5-9(8)13/h2-5,7H,6H2,1H3,(H,15,19)(H,16,20). The molecule has 0 saturated heterocycles. The first kappa shape index (κ1) is 15.5. The maximum atomic E-state index is 11.9. The first-order valence-electron chi connectivity index (χ1n) is 5.88. The van der Waals surface area contributed by atoms with Crippen LogP contribution in [0.15, 0.2) is 40.2 Å². The lowest BCUT2D eigenvalue weighted by Crippen LogP contribution is -2.42. The Bertz CT molecular complexity index is 661. The zero-order chi connectivity index (χ0) is 15.2. The second-order valence-electron chi connectivity index (χ2n) is 4.00. The Labute approximate surface area is 133 Å². The Balaban J connectivity index is 1.80. The van der Waals surface area contributed by atoms with Crippen molar-refractivity contribution in [3.05, 3.63) is 40.6 Å². The molecule has 1 aromatic heterocycles. The highest BCUT2D eigenvalue weighted by molar-refractivity contribution is 9.10. The monoisotopic (exact) mass is 369 g/mol. The van der Waals surface area contributed by atoms with Gasteiger partial charge in [0.2, 0.25) is 5.91 Å². The van der Waals surface area contributed by atoms with Crippen molar-refractivity contribution in [1.82, 2.24) is 25.6 Å². The largest absolute Gasteiger partial charge is 0.312 e. The average Bonchev–Trinajstić information content (AvgIpc) is 2.88. The lowest BCUT2D eigenvalue weighted by atomic mass is 10.2. The molecule has 1 aromatic carbocycles. The van der Waals surface area contributed by atoms with Gasteiger partial charge in [-0.25, -0.2) is 0 Å². The highest BCUT2D eigenvalue weighted by atomic mass is 79.9. The summed E-state index contributed by atoms with van der Waals surface area (Å²) in [6, 6.07) is 6.95. The van der Waals surface area contributed by atoms with Crippen molar-refractivity contribution in [2.75, 3.05) is 5.75 Å². The Hall–Kier alpha value is -1.87. The van der Waals surface area contributed by atoms with Gasteiger partial charge in [0.15, 0.2) is 5.16 Å². The Morgan fingerprint density at radius 2 is 2.10 bits per heavy atom. The van der Waals surface area contributed by atoms with Gasteiger partial charge in [0, 0.05) is 11.5 Å². The minimum atomic E-state index is -0.389. The summed E-state index contributed by atoms with van der Waals surface area (Å²) in [5, 5.41) is 8.18. The maximum Gasteiger partial charge on any atom is 0.270 e. The third-order valence-corrected chi connectivity index (χ3v) is 4.16. The molecule has 0 unspecified atom stereocenters. The summed E-state index contributed by atoms with van der Waals surface area (Å²) in [5.74, 6) is -0.592. The topological polar surface area (TPSA) is 88.9 Å². The summed E-state index contributed by atoms with van der Waals surface area (Å²) < 4.78 is 2.36. The number of amides is 2. The van der Waals surface area contributed by atoms with Crippen LogP contribution in [0.5, 0.6) is 0 Å². The van der Waals surface area contributed by atoms with Crippen molar-refractivity contribution in [3.63, 3.8) is 0 Å². The number of thioether (sulfide) groups is 1.